The van der Waals surface area contributed by atoms with Crippen LogP contribution in [0.5, 0.6) is 0 Å². The van der Waals surface area contributed by atoms with Gasteiger partial charge >= 0.3 is 5.97 Å². The second-order valence-corrected chi connectivity index (χ2v) is 3.21. The van der Waals surface area contributed by atoms with Crippen LogP contribution in [0.4, 0.5) is 0 Å². The van der Waals surface area contributed by atoms with Gasteiger partial charge in [-0.15, -0.1) is 0 Å². The maximum Gasteiger partial charge on any atom is 0.309 e. The summed E-state index contributed by atoms with van der Waals surface area (Å²) in [5, 5.41) is 17.7. The lowest BCUT2D eigenvalue weighted by Gasteiger charge is -2.21. The molecule has 2 rings (SSSR count). The Morgan fingerprint density at radius 3 is 2.55 bits per heavy atom. The van der Waals surface area contributed by atoms with Crippen molar-refractivity contribution >= 4 is 5.97 Å². The van der Waals surface area contributed by atoms with Gasteiger partial charge in [-0.1, -0.05) is 0 Å². The Morgan fingerprint density at radius 1 is 1.45 bits per heavy atom. The van der Waals surface area contributed by atoms with E-state index in [2.05, 4.69) is 0 Å². The molecular weight excluding hydrogens is 148 g/mol. The first-order valence-electron chi connectivity index (χ1n) is 3.75. The summed E-state index contributed by atoms with van der Waals surface area (Å²) in [6.45, 7) is 0. The number of hydrogen-bond donors (Lipinski definition) is 2. The molecule has 62 valence electrons. The highest BCUT2D eigenvalue weighted by Gasteiger charge is 2.50. The Morgan fingerprint density at radius 2 is 2.18 bits per heavy atom. The van der Waals surface area contributed by atoms with Gasteiger partial charge < -0.3 is 14.9 Å². The number of aliphatic hydroxyl groups excluding tert-OH is 1. The van der Waals surface area contributed by atoms with E-state index in [0.29, 0.717) is 12.8 Å². The van der Waals surface area contributed by atoms with Crippen molar-refractivity contribution in [3.63, 3.8) is 0 Å². The van der Waals surface area contributed by atoms with Crippen LogP contribution in [0.25, 0.3) is 0 Å². The van der Waals surface area contributed by atoms with E-state index in [1.165, 1.54) is 0 Å². The van der Waals surface area contributed by atoms with Crippen LogP contribution in [0, 0.1) is 11.8 Å². The lowest BCUT2D eigenvalue weighted by Crippen LogP contribution is -2.31. The van der Waals surface area contributed by atoms with Gasteiger partial charge in [0, 0.05) is 5.92 Å². The van der Waals surface area contributed by atoms with E-state index < -0.39 is 6.29 Å². The molecule has 0 spiro atoms. The van der Waals surface area contributed by atoms with E-state index in [9.17, 15) is 4.79 Å². The fourth-order valence-corrected chi connectivity index (χ4v) is 1.97. The van der Waals surface area contributed by atoms with Crippen LogP contribution in [0.1, 0.15) is 12.8 Å². The summed E-state index contributed by atoms with van der Waals surface area (Å²) < 4.78 is 4.88. The maximum absolute atomic E-state index is 10.9. The smallest absolute Gasteiger partial charge is 0.309 e. The molecule has 2 bridgehead atoms. The molecular formula is C7H10O4. The zero-order valence-electron chi connectivity index (χ0n) is 5.93. The Balaban J connectivity index is 2.12. The minimum absolute atomic E-state index is 0.0562. The average molecular weight is 158 g/mol. The summed E-state index contributed by atoms with van der Waals surface area (Å²) in [6.07, 6.45) is -0.146. The van der Waals surface area contributed by atoms with Crippen molar-refractivity contribution in [2.75, 3.05) is 0 Å². The number of rotatable bonds is 1. The van der Waals surface area contributed by atoms with E-state index in [0.717, 1.165) is 0 Å². The van der Waals surface area contributed by atoms with Crippen LogP contribution < -0.4 is 0 Å². The van der Waals surface area contributed by atoms with Crippen molar-refractivity contribution in [3.8, 4) is 0 Å². The quantitative estimate of drug-likeness (QED) is 0.389. The zero-order chi connectivity index (χ0) is 8.01. The van der Waals surface area contributed by atoms with Crippen molar-refractivity contribution in [2.45, 2.75) is 25.2 Å². The third-order valence-electron chi connectivity index (χ3n) is 2.54. The molecule has 1 saturated heterocycles. The highest BCUT2D eigenvalue weighted by atomic mass is 16.6. The van der Waals surface area contributed by atoms with Gasteiger partial charge in [-0.3, -0.25) is 4.79 Å². The molecule has 11 heavy (non-hydrogen) atoms. The number of aliphatic hydroxyl groups is 2. The number of ether oxygens (including phenoxy) is 1. The first kappa shape index (κ1) is 7.06. The molecule has 2 aliphatic rings. The van der Waals surface area contributed by atoms with Crippen LogP contribution >= 0.6 is 0 Å². The van der Waals surface area contributed by atoms with E-state index >= 15 is 0 Å². The van der Waals surface area contributed by atoms with E-state index in [-0.39, 0.29) is 23.9 Å². The van der Waals surface area contributed by atoms with Crippen molar-refractivity contribution in [1.82, 2.24) is 0 Å². The first-order valence-corrected chi connectivity index (χ1v) is 3.75. The molecule has 1 aliphatic heterocycles. The number of esters is 1. The molecule has 3 atom stereocenters. The van der Waals surface area contributed by atoms with Gasteiger partial charge in [-0.2, -0.15) is 0 Å². The summed E-state index contributed by atoms with van der Waals surface area (Å²) >= 11 is 0. The summed E-state index contributed by atoms with van der Waals surface area (Å²) in [6, 6.07) is 0. The van der Waals surface area contributed by atoms with Crippen molar-refractivity contribution in [1.29, 1.82) is 0 Å². The van der Waals surface area contributed by atoms with Gasteiger partial charge in [0.2, 0.25) is 0 Å². The SMILES string of the molecule is O=C1OC2CC1C(C(O)O)C2. The van der Waals surface area contributed by atoms with Gasteiger partial charge in [0.1, 0.15) is 6.10 Å². The highest BCUT2D eigenvalue weighted by molar-refractivity contribution is 5.76. The standard InChI is InChI=1S/C7H10O4/c8-6(9)4-1-3-2-5(4)7(10)11-3/h3-6,8-9H,1-2H2. The Bertz CT molecular complexity index is 189. The van der Waals surface area contributed by atoms with Crippen LogP contribution in [-0.2, 0) is 9.53 Å². The second-order valence-electron chi connectivity index (χ2n) is 3.21. The summed E-state index contributed by atoms with van der Waals surface area (Å²) in [5.74, 6) is -0.819. The van der Waals surface area contributed by atoms with Crippen LogP contribution in [0.3, 0.4) is 0 Å². The molecule has 1 saturated carbocycles. The van der Waals surface area contributed by atoms with E-state index in [4.69, 9.17) is 14.9 Å². The lowest BCUT2D eigenvalue weighted by atomic mass is 9.95. The average Bonchev–Trinajstić information content (AvgIpc) is 2.43. The Kier molecular flexibility index (Phi) is 1.40. The van der Waals surface area contributed by atoms with E-state index in [1.54, 1.807) is 0 Å². The molecule has 4 heteroatoms. The molecule has 0 aromatic carbocycles. The van der Waals surface area contributed by atoms with Gasteiger partial charge in [-0.05, 0) is 12.8 Å². The first-order chi connectivity index (χ1) is 5.18. The third kappa shape index (κ3) is 0.937. The van der Waals surface area contributed by atoms with Gasteiger partial charge in [0.05, 0.1) is 5.92 Å². The highest BCUT2D eigenvalue weighted by Crippen LogP contribution is 2.42. The second kappa shape index (κ2) is 2.19. The molecule has 2 N–H and O–H groups in total. The van der Waals surface area contributed by atoms with Crippen molar-refractivity contribution in [3.05, 3.63) is 0 Å². The van der Waals surface area contributed by atoms with Crippen LogP contribution in [-0.4, -0.2) is 28.6 Å². The number of hydrogen-bond acceptors (Lipinski definition) is 4. The number of carbonyl (C=O) groups is 1. The van der Waals surface area contributed by atoms with E-state index in [1.807, 2.05) is 0 Å². The third-order valence-corrected chi connectivity index (χ3v) is 2.54. The monoisotopic (exact) mass is 158 g/mol. The minimum Gasteiger partial charge on any atom is -0.462 e. The Hall–Kier alpha value is -0.610. The molecule has 0 aromatic rings. The lowest BCUT2D eigenvalue weighted by molar-refractivity contribution is -0.162. The van der Waals surface area contributed by atoms with Crippen LogP contribution in [0.15, 0.2) is 0 Å². The molecule has 1 heterocycles. The Labute approximate surface area is 63.8 Å². The van der Waals surface area contributed by atoms with Crippen LogP contribution in [0.2, 0.25) is 0 Å². The number of fused-ring (bicyclic) bond motifs is 2. The molecule has 4 nitrogen and oxygen atoms in total. The van der Waals surface area contributed by atoms with Crippen molar-refractivity contribution in [2.24, 2.45) is 11.8 Å². The fourth-order valence-electron chi connectivity index (χ4n) is 1.97. The summed E-state index contributed by atoms with van der Waals surface area (Å²) in [4.78, 5) is 10.9. The molecule has 1 aliphatic carbocycles. The molecule has 3 unspecified atom stereocenters. The van der Waals surface area contributed by atoms with Crippen molar-refractivity contribution < 1.29 is 19.7 Å². The predicted molar refractivity (Wildman–Crippen MR) is 34.3 cm³/mol. The molecule has 0 amide bonds. The number of carbonyl (C=O) groups excluding carboxylic acids is 1. The van der Waals surface area contributed by atoms with Gasteiger partial charge in [-0.25, -0.2) is 0 Å². The maximum atomic E-state index is 10.9. The minimum atomic E-state index is -1.36. The molecule has 2 fully saturated rings. The zero-order valence-corrected chi connectivity index (χ0v) is 5.93. The summed E-state index contributed by atoms with van der Waals surface area (Å²) in [7, 11) is 0. The molecule has 0 radical (unpaired) electrons. The fraction of sp³-hybridized carbons (Fsp3) is 0.857. The normalized spacial score (nSPS) is 41.7. The molecule has 0 aromatic heterocycles. The predicted octanol–water partition coefficient (Wildman–Crippen LogP) is -0.751. The largest absolute Gasteiger partial charge is 0.462 e. The topological polar surface area (TPSA) is 66.8 Å². The van der Waals surface area contributed by atoms with Gasteiger partial charge in [0.25, 0.3) is 0 Å². The summed E-state index contributed by atoms with van der Waals surface area (Å²) in [5.41, 5.74) is 0. The van der Waals surface area contributed by atoms with Gasteiger partial charge in [0.15, 0.2) is 6.29 Å².